The molecule has 0 radical (unpaired) electrons. The summed E-state index contributed by atoms with van der Waals surface area (Å²) < 4.78 is 12.5. The van der Waals surface area contributed by atoms with E-state index in [4.69, 9.17) is 20.8 Å². The number of hydrogen-bond donors (Lipinski definition) is 2. The minimum absolute atomic E-state index is 0.125. The summed E-state index contributed by atoms with van der Waals surface area (Å²) in [5.41, 5.74) is 14.0. The molecule has 0 aliphatic carbocycles. The minimum Gasteiger partial charge on any atom is -0.439 e. The highest BCUT2D eigenvalue weighted by atomic mass is 16.6. The molecule has 152 valence electrons. The van der Waals surface area contributed by atoms with Crippen molar-refractivity contribution in [2.45, 2.75) is 0 Å². The van der Waals surface area contributed by atoms with Crippen LogP contribution >= 0.6 is 0 Å². The van der Waals surface area contributed by atoms with E-state index in [0.29, 0.717) is 39.7 Å². The average molecular weight is 413 g/mol. The van der Waals surface area contributed by atoms with Crippen molar-refractivity contribution in [1.82, 2.24) is 24.8 Å². The van der Waals surface area contributed by atoms with Gasteiger partial charge in [0.05, 0.1) is 11.7 Å². The van der Waals surface area contributed by atoms with E-state index in [1.165, 1.54) is 0 Å². The summed E-state index contributed by atoms with van der Waals surface area (Å²) in [6, 6.07) is 17.9. The van der Waals surface area contributed by atoms with Gasteiger partial charge in [-0.25, -0.2) is 14.6 Å². The number of hydrogen-bond acceptors (Lipinski definition) is 8. The van der Waals surface area contributed by atoms with Crippen LogP contribution in [-0.2, 0) is 0 Å². The number of fused-ring (bicyclic) bond motifs is 1. The molecule has 0 aliphatic heterocycles. The van der Waals surface area contributed by atoms with Gasteiger partial charge in [0, 0.05) is 17.3 Å². The molecule has 5 rings (SSSR count). The highest BCUT2D eigenvalue weighted by Crippen LogP contribution is 2.32. The van der Waals surface area contributed by atoms with Gasteiger partial charge in [-0.2, -0.15) is 0 Å². The van der Waals surface area contributed by atoms with Crippen molar-refractivity contribution >= 4 is 22.8 Å². The number of nitrogens with zero attached hydrogens (tertiary/aromatic N) is 5. The molecule has 0 aliphatic rings. The Hall–Kier alpha value is -4.73. The Kier molecular flexibility index (Phi) is 4.29. The minimum atomic E-state index is -0.542. The van der Waals surface area contributed by atoms with E-state index in [9.17, 15) is 4.79 Å². The highest BCUT2D eigenvalue weighted by Gasteiger charge is 2.21. The fourth-order valence-corrected chi connectivity index (χ4v) is 3.20. The number of aromatic nitrogens is 5. The Bertz CT molecular complexity index is 1410. The Morgan fingerprint density at radius 2 is 1.87 bits per heavy atom. The number of amides is 1. The maximum Gasteiger partial charge on any atom is 0.248 e. The lowest BCUT2D eigenvalue weighted by Gasteiger charge is -2.09. The van der Waals surface area contributed by atoms with Crippen LogP contribution in [0, 0.1) is 0 Å². The van der Waals surface area contributed by atoms with Gasteiger partial charge in [0.25, 0.3) is 0 Å². The highest BCUT2D eigenvalue weighted by molar-refractivity contribution is 5.93. The van der Waals surface area contributed by atoms with E-state index < -0.39 is 5.91 Å². The fourth-order valence-electron chi connectivity index (χ4n) is 3.20. The number of nitrogen functional groups attached to an aromatic ring is 1. The molecule has 0 spiro atoms. The Morgan fingerprint density at radius 3 is 2.61 bits per heavy atom. The van der Waals surface area contributed by atoms with Crippen LogP contribution in [0.1, 0.15) is 10.4 Å². The second-order valence-electron chi connectivity index (χ2n) is 6.61. The van der Waals surface area contributed by atoms with Gasteiger partial charge in [0.2, 0.25) is 11.8 Å². The van der Waals surface area contributed by atoms with Crippen LogP contribution in [0.2, 0.25) is 0 Å². The van der Waals surface area contributed by atoms with Gasteiger partial charge in [0.15, 0.2) is 17.3 Å². The molecule has 10 heteroatoms. The van der Waals surface area contributed by atoms with Gasteiger partial charge in [-0.05, 0) is 40.6 Å². The van der Waals surface area contributed by atoms with E-state index in [1.54, 1.807) is 36.5 Å². The molecule has 0 unspecified atom stereocenters. The van der Waals surface area contributed by atoms with E-state index in [0.717, 1.165) is 5.69 Å². The Balaban J connectivity index is 1.65. The predicted octanol–water partition coefficient (Wildman–Crippen LogP) is 2.94. The quantitative estimate of drug-likeness (QED) is 0.447. The van der Waals surface area contributed by atoms with Crippen molar-refractivity contribution in [3.05, 3.63) is 72.4 Å². The first-order chi connectivity index (χ1) is 15.1. The monoisotopic (exact) mass is 413 g/mol. The van der Waals surface area contributed by atoms with Crippen molar-refractivity contribution in [2.24, 2.45) is 5.73 Å². The third-order valence-corrected chi connectivity index (χ3v) is 4.60. The van der Waals surface area contributed by atoms with Gasteiger partial charge in [0.1, 0.15) is 11.3 Å². The van der Waals surface area contributed by atoms with E-state index in [2.05, 4.69) is 20.3 Å². The molecule has 3 aromatic heterocycles. The molecule has 5 aromatic rings. The first-order valence-electron chi connectivity index (χ1n) is 9.20. The van der Waals surface area contributed by atoms with Crippen LogP contribution in [0.5, 0.6) is 11.6 Å². The molecule has 10 nitrogen and oxygen atoms in total. The molecule has 3 heterocycles. The number of primary amides is 1. The Morgan fingerprint density at radius 1 is 1.03 bits per heavy atom. The molecule has 2 aromatic carbocycles. The molecule has 0 saturated carbocycles. The lowest BCUT2D eigenvalue weighted by atomic mass is 10.2. The summed E-state index contributed by atoms with van der Waals surface area (Å²) in [6.07, 6.45) is 1.58. The zero-order valence-electron chi connectivity index (χ0n) is 16.0. The van der Waals surface area contributed by atoms with Crippen LogP contribution < -0.4 is 16.2 Å². The van der Waals surface area contributed by atoms with Crippen LogP contribution in [-0.4, -0.2) is 30.8 Å². The summed E-state index contributed by atoms with van der Waals surface area (Å²) >= 11 is 0. The number of anilines is 1. The SMILES string of the molecule is NC(=O)c1cccc(Oc2cc3c(cn2)nc(-c2nonc2N)n3-c2ccccc2)c1. The van der Waals surface area contributed by atoms with E-state index >= 15 is 0 Å². The van der Waals surface area contributed by atoms with Crippen molar-refractivity contribution in [3.8, 4) is 28.8 Å². The second kappa shape index (κ2) is 7.26. The summed E-state index contributed by atoms with van der Waals surface area (Å²) in [5.74, 6) is 0.775. The molecule has 1 amide bonds. The largest absolute Gasteiger partial charge is 0.439 e. The number of rotatable bonds is 5. The summed E-state index contributed by atoms with van der Waals surface area (Å²) in [6.45, 7) is 0. The number of nitrogens with two attached hydrogens (primary N) is 2. The van der Waals surface area contributed by atoms with Crippen molar-refractivity contribution in [1.29, 1.82) is 0 Å². The van der Waals surface area contributed by atoms with Gasteiger partial charge in [-0.15, -0.1) is 0 Å². The molecule has 0 fully saturated rings. The summed E-state index contributed by atoms with van der Waals surface area (Å²) in [4.78, 5) is 20.4. The van der Waals surface area contributed by atoms with Crippen LogP contribution in [0.15, 0.2) is 71.5 Å². The third-order valence-electron chi connectivity index (χ3n) is 4.60. The molecule has 0 saturated heterocycles. The molecule has 31 heavy (non-hydrogen) atoms. The van der Waals surface area contributed by atoms with E-state index in [1.807, 2.05) is 34.9 Å². The van der Waals surface area contributed by atoms with Crippen molar-refractivity contribution in [2.75, 3.05) is 5.73 Å². The third kappa shape index (κ3) is 3.31. The first kappa shape index (κ1) is 18.3. The smallest absolute Gasteiger partial charge is 0.248 e. The fraction of sp³-hybridized carbons (Fsp3) is 0. The van der Waals surface area contributed by atoms with Crippen molar-refractivity contribution in [3.63, 3.8) is 0 Å². The number of ether oxygens (including phenoxy) is 1. The van der Waals surface area contributed by atoms with Crippen LogP contribution in [0.3, 0.4) is 0 Å². The standard InChI is InChI=1S/C21H15N7O3/c22-19-18(26-31-27-19)21-25-15-11-24-17(30-14-8-4-5-12(9-14)20(23)29)10-16(15)28(21)13-6-2-1-3-7-13/h1-11H,(H2,22,27)(H2,23,29). The lowest BCUT2D eigenvalue weighted by molar-refractivity contribution is 0.1000. The number of benzene rings is 2. The molecule has 4 N–H and O–H groups in total. The molecular weight excluding hydrogens is 398 g/mol. The molecular formula is C21H15N7O3. The van der Waals surface area contributed by atoms with Crippen LogP contribution in [0.4, 0.5) is 5.82 Å². The summed E-state index contributed by atoms with van der Waals surface area (Å²) in [7, 11) is 0. The lowest BCUT2D eigenvalue weighted by Crippen LogP contribution is -2.10. The maximum absolute atomic E-state index is 11.4. The topological polar surface area (TPSA) is 148 Å². The molecule has 0 bridgehead atoms. The van der Waals surface area contributed by atoms with Gasteiger partial charge in [-0.3, -0.25) is 9.36 Å². The van der Waals surface area contributed by atoms with Gasteiger partial charge in [-0.1, -0.05) is 24.3 Å². The average Bonchev–Trinajstić information content (AvgIpc) is 3.37. The number of imidazole rings is 1. The number of carbonyl (C=O) groups is 1. The second-order valence-corrected chi connectivity index (χ2v) is 6.61. The summed E-state index contributed by atoms with van der Waals surface area (Å²) in [5, 5.41) is 7.55. The number of carbonyl (C=O) groups excluding carboxylic acids is 1. The zero-order valence-corrected chi connectivity index (χ0v) is 16.0. The number of para-hydroxylation sites is 1. The maximum atomic E-state index is 11.4. The Labute approximate surface area is 175 Å². The number of pyridine rings is 1. The van der Waals surface area contributed by atoms with E-state index in [-0.39, 0.29) is 5.82 Å². The van der Waals surface area contributed by atoms with Crippen LogP contribution in [0.25, 0.3) is 28.2 Å². The zero-order chi connectivity index (χ0) is 21.4. The van der Waals surface area contributed by atoms with Gasteiger partial charge < -0.3 is 16.2 Å². The van der Waals surface area contributed by atoms with Gasteiger partial charge >= 0.3 is 0 Å². The normalized spacial score (nSPS) is 11.0. The van der Waals surface area contributed by atoms with Crippen molar-refractivity contribution < 1.29 is 14.2 Å². The first-order valence-corrected chi connectivity index (χ1v) is 9.20. The molecule has 0 atom stereocenters. The predicted molar refractivity (Wildman–Crippen MR) is 112 cm³/mol.